The van der Waals surface area contributed by atoms with Crippen LogP contribution in [-0.4, -0.2) is 11.5 Å². The minimum absolute atomic E-state index is 0.258. The van der Waals surface area contributed by atoms with E-state index in [0.717, 1.165) is 5.56 Å². The fourth-order valence-electron chi connectivity index (χ4n) is 1.45. The lowest BCUT2D eigenvalue weighted by atomic mass is 9.74. The highest BCUT2D eigenvalue weighted by atomic mass is 35.5. The topological polar surface area (TPSA) is 42.3 Å². The zero-order valence-corrected chi connectivity index (χ0v) is 9.95. The van der Waals surface area contributed by atoms with E-state index in [4.69, 9.17) is 11.6 Å². The number of aromatic nitrogens is 1. The van der Waals surface area contributed by atoms with Gasteiger partial charge in [-0.2, -0.15) is 4.91 Å². The number of nitrogens with zero attached hydrogens (tertiary/aromatic N) is 2. The number of rotatable bonds is 4. The molecule has 0 saturated carbocycles. The standard InChI is InChI=1S/C11H15ClN2O/c1-8(2)11(3,7-14-15)9-4-5-10(12)13-6-9/h4-6,8H,7H2,1-3H3. The van der Waals surface area contributed by atoms with E-state index in [9.17, 15) is 4.91 Å². The molecule has 1 rings (SSSR count). The average Bonchev–Trinajstić information content (AvgIpc) is 2.18. The summed E-state index contributed by atoms with van der Waals surface area (Å²) in [6, 6.07) is 3.64. The Bertz CT molecular complexity index is 337. The van der Waals surface area contributed by atoms with E-state index in [2.05, 4.69) is 24.0 Å². The lowest BCUT2D eigenvalue weighted by molar-refractivity contribution is 0.346. The molecular weight excluding hydrogens is 212 g/mol. The molecule has 82 valence electrons. The molecule has 1 atom stereocenters. The van der Waals surface area contributed by atoms with E-state index in [-0.39, 0.29) is 12.0 Å². The van der Waals surface area contributed by atoms with Crippen LogP contribution in [0.25, 0.3) is 0 Å². The van der Waals surface area contributed by atoms with Gasteiger partial charge in [0, 0.05) is 11.6 Å². The van der Waals surface area contributed by atoms with Crippen molar-refractivity contribution in [2.45, 2.75) is 26.2 Å². The predicted molar refractivity (Wildman–Crippen MR) is 62.1 cm³/mol. The van der Waals surface area contributed by atoms with Gasteiger partial charge in [0.2, 0.25) is 0 Å². The molecule has 0 fully saturated rings. The largest absolute Gasteiger partial charge is 0.244 e. The summed E-state index contributed by atoms with van der Waals surface area (Å²) in [5, 5.41) is 3.48. The van der Waals surface area contributed by atoms with Crippen molar-refractivity contribution in [2.24, 2.45) is 11.1 Å². The third-order valence-corrected chi connectivity index (χ3v) is 3.28. The van der Waals surface area contributed by atoms with Crippen LogP contribution in [0.1, 0.15) is 26.3 Å². The normalized spacial score (nSPS) is 15.0. The predicted octanol–water partition coefficient (Wildman–Crippen LogP) is 3.42. The molecule has 0 bridgehead atoms. The van der Waals surface area contributed by atoms with Crippen molar-refractivity contribution in [1.82, 2.24) is 4.98 Å². The van der Waals surface area contributed by atoms with Gasteiger partial charge in [-0.3, -0.25) is 0 Å². The minimum Gasteiger partial charge on any atom is -0.244 e. The first-order valence-corrected chi connectivity index (χ1v) is 5.29. The summed E-state index contributed by atoms with van der Waals surface area (Å²) in [5.41, 5.74) is 0.737. The van der Waals surface area contributed by atoms with Gasteiger partial charge in [-0.05, 0) is 17.5 Å². The smallest absolute Gasteiger partial charge is 0.129 e. The Balaban J connectivity index is 3.09. The summed E-state index contributed by atoms with van der Waals surface area (Å²) in [5.74, 6) is 0.318. The van der Waals surface area contributed by atoms with Gasteiger partial charge >= 0.3 is 0 Å². The number of nitroso groups, excluding NO2 is 1. The second kappa shape index (κ2) is 4.71. The fraction of sp³-hybridized carbons (Fsp3) is 0.545. The molecule has 1 aromatic rings. The highest BCUT2D eigenvalue weighted by Crippen LogP contribution is 2.32. The molecule has 0 spiro atoms. The van der Waals surface area contributed by atoms with E-state index in [1.54, 1.807) is 12.3 Å². The minimum atomic E-state index is -0.265. The molecule has 1 unspecified atom stereocenters. The van der Waals surface area contributed by atoms with E-state index in [1.807, 2.05) is 13.0 Å². The molecule has 15 heavy (non-hydrogen) atoms. The maximum atomic E-state index is 10.5. The van der Waals surface area contributed by atoms with Gasteiger partial charge in [-0.25, -0.2) is 4.98 Å². The molecule has 0 aromatic carbocycles. The zero-order chi connectivity index (χ0) is 11.5. The van der Waals surface area contributed by atoms with Crippen molar-refractivity contribution in [3.05, 3.63) is 34.0 Å². The SMILES string of the molecule is CC(C)C(C)(CN=O)c1ccc(Cl)nc1. The molecule has 1 heterocycles. The van der Waals surface area contributed by atoms with Gasteiger partial charge < -0.3 is 0 Å². The third kappa shape index (κ3) is 2.53. The summed E-state index contributed by atoms with van der Waals surface area (Å²) in [6.07, 6.45) is 1.72. The molecule has 0 aliphatic rings. The molecule has 1 aromatic heterocycles. The van der Waals surface area contributed by atoms with Crippen molar-refractivity contribution in [3.8, 4) is 0 Å². The summed E-state index contributed by atoms with van der Waals surface area (Å²) >= 11 is 5.72. The van der Waals surface area contributed by atoms with Crippen molar-refractivity contribution >= 4 is 11.6 Å². The molecule has 0 saturated heterocycles. The molecule has 4 heteroatoms. The molecule has 0 aliphatic heterocycles. The van der Waals surface area contributed by atoms with Gasteiger partial charge in [0.15, 0.2) is 0 Å². The highest BCUT2D eigenvalue weighted by Gasteiger charge is 2.31. The Hall–Kier alpha value is -0.960. The van der Waals surface area contributed by atoms with Crippen molar-refractivity contribution in [2.75, 3.05) is 6.54 Å². The average molecular weight is 227 g/mol. The van der Waals surface area contributed by atoms with Crippen LogP contribution in [0, 0.1) is 10.8 Å². The van der Waals surface area contributed by atoms with E-state index < -0.39 is 0 Å². The summed E-state index contributed by atoms with van der Waals surface area (Å²) in [6.45, 7) is 6.41. The van der Waals surface area contributed by atoms with Gasteiger partial charge in [0.1, 0.15) is 5.15 Å². The Morgan fingerprint density at radius 1 is 1.53 bits per heavy atom. The first-order valence-electron chi connectivity index (χ1n) is 4.92. The lowest BCUT2D eigenvalue weighted by Crippen LogP contribution is -2.32. The lowest BCUT2D eigenvalue weighted by Gasteiger charge is -2.31. The van der Waals surface area contributed by atoms with Crippen LogP contribution in [0.5, 0.6) is 0 Å². The number of hydrogen-bond donors (Lipinski definition) is 0. The van der Waals surface area contributed by atoms with Crippen LogP contribution >= 0.6 is 11.6 Å². The van der Waals surface area contributed by atoms with Gasteiger partial charge in [-0.1, -0.05) is 43.6 Å². The van der Waals surface area contributed by atoms with Gasteiger partial charge in [0.05, 0.1) is 6.54 Å². The summed E-state index contributed by atoms with van der Waals surface area (Å²) in [7, 11) is 0. The second-order valence-electron chi connectivity index (χ2n) is 4.23. The van der Waals surface area contributed by atoms with Crippen LogP contribution in [0.4, 0.5) is 0 Å². The summed E-state index contributed by atoms with van der Waals surface area (Å²) in [4.78, 5) is 14.5. The fourth-order valence-corrected chi connectivity index (χ4v) is 1.57. The number of hydrogen-bond acceptors (Lipinski definition) is 3. The molecule has 0 aliphatic carbocycles. The van der Waals surface area contributed by atoms with Crippen molar-refractivity contribution < 1.29 is 0 Å². The Kier molecular flexibility index (Phi) is 3.80. The Morgan fingerprint density at radius 3 is 2.60 bits per heavy atom. The van der Waals surface area contributed by atoms with Crippen molar-refractivity contribution in [3.63, 3.8) is 0 Å². The third-order valence-electron chi connectivity index (χ3n) is 3.05. The van der Waals surface area contributed by atoms with Crippen LogP contribution in [0.3, 0.4) is 0 Å². The first kappa shape index (κ1) is 12.1. The number of pyridine rings is 1. The zero-order valence-electron chi connectivity index (χ0n) is 9.20. The molecule has 0 N–H and O–H groups in total. The van der Waals surface area contributed by atoms with Crippen molar-refractivity contribution in [1.29, 1.82) is 0 Å². The number of halogens is 1. The van der Waals surface area contributed by atoms with Gasteiger partial charge in [0.25, 0.3) is 0 Å². The van der Waals surface area contributed by atoms with Gasteiger partial charge in [-0.15, -0.1) is 0 Å². The monoisotopic (exact) mass is 226 g/mol. The molecule has 0 amide bonds. The maximum Gasteiger partial charge on any atom is 0.129 e. The van der Waals surface area contributed by atoms with Crippen LogP contribution in [0.2, 0.25) is 5.15 Å². The van der Waals surface area contributed by atoms with E-state index in [1.165, 1.54) is 0 Å². The molecule has 3 nitrogen and oxygen atoms in total. The highest BCUT2D eigenvalue weighted by molar-refractivity contribution is 6.29. The maximum absolute atomic E-state index is 10.5. The first-order chi connectivity index (χ1) is 7.00. The van der Waals surface area contributed by atoms with Crippen LogP contribution < -0.4 is 0 Å². The Morgan fingerprint density at radius 2 is 2.20 bits per heavy atom. The van der Waals surface area contributed by atoms with Crippen LogP contribution in [-0.2, 0) is 5.41 Å². The quantitative estimate of drug-likeness (QED) is 0.583. The summed E-state index contributed by atoms with van der Waals surface area (Å²) < 4.78 is 0. The molecular formula is C11H15ClN2O. The van der Waals surface area contributed by atoms with E-state index >= 15 is 0 Å². The second-order valence-corrected chi connectivity index (χ2v) is 4.62. The van der Waals surface area contributed by atoms with Crippen LogP contribution in [0.15, 0.2) is 23.5 Å². The van der Waals surface area contributed by atoms with E-state index in [0.29, 0.717) is 11.1 Å². The molecule has 0 radical (unpaired) electrons. The Labute approximate surface area is 94.8 Å².